The third kappa shape index (κ3) is 3.81. The highest BCUT2D eigenvalue weighted by molar-refractivity contribution is 5.89. The minimum atomic E-state index is -0.450. The molecule has 0 radical (unpaired) electrons. The van der Waals surface area contributed by atoms with Crippen LogP contribution >= 0.6 is 0 Å². The van der Waals surface area contributed by atoms with Crippen molar-refractivity contribution < 1.29 is 9.53 Å². The van der Waals surface area contributed by atoms with Crippen LogP contribution in [0.25, 0.3) is 10.8 Å². The maximum Gasteiger partial charge on any atom is 0.263 e. The van der Waals surface area contributed by atoms with E-state index in [9.17, 15) is 4.79 Å². The molecule has 4 nitrogen and oxygen atoms in total. The summed E-state index contributed by atoms with van der Waals surface area (Å²) in [6.45, 7) is 5.15. The fourth-order valence-electron chi connectivity index (χ4n) is 3.79. The maximum absolute atomic E-state index is 13.1. The van der Waals surface area contributed by atoms with Crippen LogP contribution in [0.2, 0.25) is 0 Å². The van der Waals surface area contributed by atoms with Gasteiger partial charge in [-0.25, -0.2) is 0 Å². The average Bonchev–Trinajstić information content (AvgIpc) is 2.78. The second kappa shape index (κ2) is 8.34. The van der Waals surface area contributed by atoms with E-state index in [4.69, 9.17) is 4.74 Å². The molecule has 4 heteroatoms. The van der Waals surface area contributed by atoms with Gasteiger partial charge >= 0.3 is 0 Å². The highest BCUT2D eigenvalue weighted by Crippen LogP contribution is 2.27. The lowest BCUT2D eigenvalue weighted by molar-refractivity contribution is -0.139. The molecular weight excluding hydrogens is 348 g/mol. The summed E-state index contributed by atoms with van der Waals surface area (Å²) >= 11 is 0. The van der Waals surface area contributed by atoms with Gasteiger partial charge in [0.2, 0.25) is 0 Å². The normalized spacial score (nSPS) is 15.5. The summed E-state index contributed by atoms with van der Waals surface area (Å²) in [6.07, 6.45) is 0.204. The number of fused-ring (bicyclic) bond motifs is 1. The molecule has 4 rings (SSSR count). The quantitative estimate of drug-likeness (QED) is 0.666. The van der Waals surface area contributed by atoms with E-state index in [1.54, 1.807) is 0 Å². The molecule has 1 amide bonds. The SMILES string of the molecule is CC[C@H](Oc1cccc2ccccc12)C(=O)N1CCN(c2ccccc2)CC1. The van der Waals surface area contributed by atoms with Crippen LogP contribution in [0, 0.1) is 0 Å². The van der Waals surface area contributed by atoms with Crippen molar-refractivity contribution in [2.45, 2.75) is 19.4 Å². The first-order valence-corrected chi connectivity index (χ1v) is 9.99. The van der Waals surface area contributed by atoms with Crippen molar-refractivity contribution >= 4 is 22.4 Å². The molecule has 1 heterocycles. The van der Waals surface area contributed by atoms with Gasteiger partial charge in [-0.15, -0.1) is 0 Å². The van der Waals surface area contributed by atoms with Gasteiger partial charge in [0.1, 0.15) is 5.75 Å². The molecule has 0 unspecified atom stereocenters. The Balaban J connectivity index is 1.43. The Hall–Kier alpha value is -3.01. The van der Waals surface area contributed by atoms with Crippen molar-refractivity contribution in [2.24, 2.45) is 0 Å². The zero-order chi connectivity index (χ0) is 19.3. The lowest BCUT2D eigenvalue weighted by atomic mass is 10.1. The first-order chi connectivity index (χ1) is 13.8. The number of para-hydroxylation sites is 1. The van der Waals surface area contributed by atoms with Crippen molar-refractivity contribution in [2.75, 3.05) is 31.1 Å². The van der Waals surface area contributed by atoms with Crippen LogP contribution in [0.3, 0.4) is 0 Å². The van der Waals surface area contributed by atoms with Crippen LogP contribution in [0.4, 0.5) is 5.69 Å². The molecule has 0 N–H and O–H groups in total. The summed E-state index contributed by atoms with van der Waals surface area (Å²) in [5.74, 6) is 0.865. The van der Waals surface area contributed by atoms with Crippen molar-refractivity contribution in [3.05, 3.63) is 72.8 Å². The molecule has 28 heavy (non-hydrogen) atoms. The zero-order valence-corrected chi connectivity index (χ0v) is 16.3. The van der Waals surface area contributed by atoms with E-state index in [1.165, 1.54) is 5.69 Å². The van der Waals surface area contributed by atoms with Crippen molar-refractivity contribution in [1.82, 2.24) is 4.90 Å². The summed E-state index contributed by atoms with van der Waals surface area (Å²) < 4.78 is 6.20. The van der Waals surface area contributed by atoms with Crippen molar-refractivity contribution in [1.29, 1.82) is 0 Å². The number of hydrogen-bond donors (Lipinski definition) is 0. The fourth-order valence-corrected chi connectivity index (χ4v) is 3.79. The Bertz CT molecular complexity index is 928. The number of anilines is 1. The van der Waals surface area contributed by atoms with Gasteiger partial charge in [-0.05, 0) is 30.0 Å². The second-order valence-electron chi connectivity index (χ2n) is 7.14. The molecule has 3 aromatic carbocycles. The summed E-state index contributed by atoms with van der Waals surface area (Å²) in [5.41, 5.74) is 1.22. The smallest absolute Gasteiger partial charge is 0.263 e. The monoisotopic (exact) mass is 374 g/mol. The van der Waals surface area contributed by atoms with Gasteiger partial charge in [0, 0.05) is 37.3 Å². The van der Waals surface area contributed by atoms with Crippen LogP contribution in [-0.4, -0.2) is 43.1 Å². The molecule has 144 valence electrons. The Kier molecular flexibility index (Phi) is 5.47. The number of amides is 1. The van der Waals surface area contributed by atoms with Crippen LogP contribution in [0.5, 0.6) is 5.75 Å². The molecule has 3 aromatic rings. The van der Waals surface area contributed by atoms with Gasteiger partial charge < -0.3 is 14.5 Å². The minimum absolute atomic E-state index is 0.0862. The van der Waals surface area contributed by atoms with Crippen LogP contribution < -0.4 is 9.64 Å². The Morgan fingerprint density at radius 2 is 1.57 bits per heavy atom. The van der Waals surface area contributed by atoms with E-state index in [0.717, 1.165) is 42.7 Å². The number of hydrogen-bond acceptors (Lipinski definition) is 3. The minimum Gasteiger partial charge on any atom is -0.480 e. The third-order valence-electron chi connectivity index (χ3n) is 5.38. The van der Waals surface area contributed by atoms with Gasteiger partial charge in [-0.2, -0.15) is 0 Å². The highest BCUT2D eigenvalue weighted by atomic mass is 16.5. The van der Waals surface area contributed by atoms with E-state index in [0.29, 0.717) is 6.42 Å². The zero-order valence-electron chi connectivity index (χ0n) is 16.3. The first kappa shape index (κ1) is 18.4. The number of benzene rings is 3. The van der Waals surface area contributed by atoms with Crippen LogP contribution in [-0.2, 0) is 4.79 Å². The number of rotatable bonds is 5. The summed E-state index contributed by atoms with van der Waals surface area (Å²) in [4.78, 5) is 17.4. The summed E-state index contributed by atoms with van der Waals surface area (Å²) in [5, 5.41) is 2.17. The van der Waals surface area contributed by atoms with Crippen LogP contribution in [0.15, 0.2) is 72.8 Å². The molecule has 0 aliphatic carbocycles. The van der Waals surface area contributed by atoms with Crippen molar-refractivity contribution in [3.8, 4) is 5.75 Å². The second-order valence-corrected chi connectivity index (χ2v) is 7.14. The predicted molar refractivity (Wildman–Crippen MR) is 114 cm³/mol. The summed E-state index contributed by atoms with van der Waals surface area (Å²) in [7, 11) is 0. The molecule has 1 saturated heterocycles. The molecule has 0 aromatic heterocycles. The van der Waals surface area contributed by atoms with Gasteiger partial charge in [0.25, 0.3) is 5.91 Å². The van der Waals surface area contributed by atoms with Crippen LogP contribution in [0.1, 0.15) is 13.3 Å². The lowest BCUT2D eigenvalue weighted by Crippen LogP contribution is -2.52. The van der Waals surface area contributed by atoms with E-state index in [1.807, 2.05) is 48.2 Å². The Morgan fingerprint density at radius 1 is 0.893 bits per heavy atom. The van der Waals surface area contributed by atoms with Crippen molar-refractivity contribution in [3.63, 3.8) is 0 Å². The Morgan fingerprint density at radius 3 is 2.32 bits per heavy atom. The summed E-state index contributed by atoms with van der Waals surface area (Å²) in [6, 6.07) is 24.5. The van der Waals surface area contributed by atoms with Gasteiger partial charge in [0.15, 0.2) is 6.10 Å². The van der Waals surface area contributed by atoms with Gasteiger partial charge in [0.05, 0.1) is 0 Å². The highest BCUT2D eigenvalue weighted by Gasteiger charge is 2.28. The van der Waals surface area contributed by atoms with Gasteiger partial charge in [-0.1, -0.05) is 61.5 Å². The molecule has 0 bridgehead atoms. The number of carbonyl (C=O) groups is 1. The average molecular weight is 374 g/mol. The van der Waals surface area contributed by atoms with E-state index in [2.05, 4.69) is 41.3 Å². The molecule has 1 aliphatic heterocycles. The van der Waals surface area contributed by atoms with Gasteiger partial charge in [-0.3, -0.25) is 4.79 Å². The molecule has 1 atom stereocenters. The molecule has 0 spiro atoms. The third-order valence-corrected chi connectivity index (χ3v) is 5.38. The number of piperazine rings is 1. The van der Waals surface area contributed by atoms with E-state index < -0.39 is 6.10 Å². The number of ether oxygens (including phenoxy) is 1. The molecule has 1 fully saturated rings. The van der Waals surface area contributed by atoms with E-state index in [-0.39, 0.29) is 5.91 Å². The maximum atomic E-state index is 13.1. The standard InChI is InChI=1S/C24H26N2O2/c1-2-22(28-23-14-8-10-19-9-6-7-13-21(19)23)24(27)26-17-15-25(16-18-26)20-11-4-3-5-12-20/h3-14,22H,2,15-18H2,1H3/t22-/m0/s1. The largest absolute Gasteiger partial charge is 0.480 e. The number of nitrogens with zero attached hydrogens (tertiary/aromatic N) is 2. The predicted octanol–water partition coefficient (Wildman–Crippen LogP) is 4.35. The van der Waals surface area contributed by atoms with E-state index >= 15 is 0 Å². The number of carbonyl (C=O) groups excluding carboxylic acids is 1. The topological polar surface area (TPSA) is 32.8 Å². The molecule has 1 aliphatic rings. The fraction of sp³-hybridized carbons (Fsp3) is 0.292. The lowest BCUT2D eigenvalue weighted by Gasteiger charge is -2.37. The first-order valence-electron chi connectivity index (χ1n) is 9.99. The Labute approximate surface area is 166 Å². The molecule has 0 saturated carbocycles. The molecular formula is C24H26N2O2.